The lowest BCUT2D eigenvalue weighted by atomic mass is 9.33. The van der Waals surface area contributed by atoms with E-state index < -0.39 is 281 Å². The summed E-state index contributed by atoms with van der Waals surface area (Å²) in [6, 6.07) is 0. The molecule has 0 bridgehead atoms. The molecule has 12 rings (SSSR count). The second-order valence-electron chi connectivity index (χ2n) is 33.9. The molecule has 21 N–H and O–H groups in total. The maximum Gasteiger partial charge on any atom is 0.317 e. The van der Waals surface area contributed by atoms with Crippen LogP contribution < -0.4 is 0 Å². The summed E-state index contributed by atoms with van der Waals surface area (Å²) in [5.74, 6) is -0.862. The molecular formula is C70H114O36. The summed E-state index contributed by atoms with van der Waals surface area (Å²) in [6.45, 7) is 12.0. The molecular weight excluding hydrogens is 1420 g/mol. The monoisotopic (exact) mass is 1530 g/mol. The van der Waals surface area contributed by atoms with Crippen LogP contribution in [0.25, 0.3) is 0 Å². The van der Waals surface area contributed by atoms with Crippen molar-refractivity contribution in [1.82, 2.24) is 0 Å². The van der Waals surface area contributed by atoms with Crippen molar-refractivity contribution in [3.63, 3.8) is 0 Å². The Kier molecular flexibility index (Phi) is 24.5. The Morgan fingerprint density at radius 1 is 0.491 bits per heavy atom. The van der Waals surface area contributed by atoms with Crippen molar-refractivity contribution < 1.29 is 178 Å². The summed E-state index contributed by atoms with van der Waals surface area (Å²) in [5, 5.41) is 231. The molecule has 5 aliphatic carbocycles. The highest BCUT2D eigenvalue weighted by Crippen LogP contribution is 2.77. The van der Waals surface area contributed by atoms with Crippen molar-refractivity contribution in [3.8, 4) is 0 Å². The molecule has 12 aliphatic rings. The minimum Gasteiger partial charge on any atom is -0.432 e. The zero-order valence-corrected chi connectivity index (χ0v) is 60.7. The first-order valence-corrected chi connectivity index (χ1v) is 37.1. The van der Waals surface area contributed by atoms with Crippen LogP contribution in [0.4, 0.5) is 0 Å². The molecule has 0 aromatic heterocycles. The Balaban J connectivity index is 0.703. The molecule has 7 heterocycles. The van der Waals surface area contributed by atoms with Gasteiger partial charge in [0.1, 0.15) is 164 Å². The van der Waals surface area contributed by atoms with Crippen LogP contribution >= 0.6 is 0 Å². The minimum atomic E-state index is -2.10. The summed E-state index contributed by atoms with van der Waals surface area (Å²) in [6.07, 6.45) is -51.1. The van der Waals surface area contributed by atoms with E-state index in [1.165, 1.54) is 6.92 Å². The van der Waals surface area contributed by atoms with Gasteiger partial charge in [-0.25, -0.2) is 0 Å². The van der Waals surface area contributed by atoms with Crippen LogP contribution in [-0.4, -0.2) is 367 Å². The van der Waals surface area contributed by atoms with E-state index in [-0.39, 0.29) is 43.1 Å². The lowest BCUT2D eigenvalue weighted by Gasteiger charge is -2.72. The van der Waals surface area contributed by atoms with E-state index in [0.717, 1.165) is 0 Å². The third-order valence-corrected chi connectivity index (χ3v) is 27.0. The number of aliphatic hydroxyl groups excluding tert-OH is 20. The Bertz CT molecular complexity index is 3020. The largest absolute Gasteiger partial charge is 0.432 e. The number of allylic oxidation sites excluding steroid dienone is 1. The average Bonchev–Trinajstić information content (AvgIpc) is 0.667. The van der Waals surface area contributed by atoms with Crippen LogP contribution in [0.1, 0.15) is 120 Å². The third kappa shape index (κ3) is 14.1. The maximum atomic E-state index is 15.4. The third-order valence-electron chi connectivity index (χ3n) is 27.0. The summed E-state index contributed by atoms with van der Waals surface area (Å²) in [7, 11) is 0. The lowest BCUT2D eigenvalue weighted by Crippen LogP contribution is -2.70. The van der Waals surface area contributed by atoms with Crippen molar-refractivity contribution in [1.29, 1.82) is 0 Å². The van der Waals surface area contributed by atoms with E-state index in [4.69, 9.17) is 66.3 Å². The number of esters is 1. The minimum absolute atomic E-state index is 0.0183. The molecule has 41 unspecified atom stereocenters. The molecule has 0 spiro atoms. The van der Waals surface area contributed by atoms with Gasteiger partial charge in [-0.3, -0.25) is 4.79 Å². The molecule has 610 valence electrons. The second-order valence-corrected chi connectivity index (χ2v) is 33.9. The van der Waals surface area contributed by atoms with Gasteiger partial charge in [0.25, 0.3) is 0 Å². The number of hydrogen-bond acceptors (Lipinski definition) is 36. The molecule has 41 atom stereocenters. The molecule has 7 saturated heterocycles. The van der Waals surface area contributed by atoms with Gasteiger partial charge in [-0.2, -0.15) is 0 Å². The first-order chi connectivity index (χ1) is 49.7. The molecule has 0 amide bonds. The molecule has 7 aliphatic heterocycles. The quantitative estimate of drug-likeness (QED) is 0.0325. The average molecular weight is 1530 g/mol. The highest BCUT2D eigenvalue weighted by Gasteiger charge is 2.75. The van der Waals surface area contributed by atoms with E-state index in [1.807, 2.05) is 13.8 Å². The van der Waals surface area contributed by atoms with E-state index >= 15 is 4.79 Å². The second kappa shape index (κ2) is 31.2. The van der Waals surface area contributed by atoms with Crippen LogP contribution in [-0.2, 0) is 71.1 Å². The summed E-state index contributed by atoms with van der Waals surface area (Å²) < 4.78 is 83.0. The fourth-order valence-electron chi connectivity index (χ4n) is 20.5. The van der Waals surface area contributed by atoms with Crippen LogP contribution in [0, 0.1) is 44.3 Å². The van der Waals surface area contributed by atoms with Crippen LogP contribution in [0.3, 0.4) is 0 Å². The number of ether oxygens (including phenoxy) is 14. The predicted octanol–water partition coefficient (Wildman–Crippen LogP) is -7.14. The highest BCUT2D eigenvalue weighted by atomic mass is 16.8. The van der Waals surface area contributed by atoms with E-state index in [0.29, 0.717) is 50.5 Å². The van der Waals surface area contributed by atoms with Crippen molar-refractivity contribution in [2.45, 2.75) is 334 Å². The van der Waals surface area contributed by atoms with Crippen LogP contribution in [0.5, 0.6) is 0 Å². The first kappa shape index (κ1) is 83.3. The summed E-state index contributed by atoms with van der Waals surface area (Å²) >= 11 is 0. The smallest absolute Gasteiger partial charge is 0.317 e. The topological polar surface area (TPSA) is 571 Å². The van der Waals surface area contributed by atoms with Gasteiger partial charge in [0.05, 0.1) is 51.8 Å². The molecule has 36 nitrogen and oxygen atoms in total. The maximum absolute atomic E-state index is 15.4. The van der Waals surface area contributed by atoms with Gasteiger partial charge >= 0.3 is 5.97 Å². The van der Waals surface area contributed by atoms with E-state index in [2.05, 4.69) is 40.7 Å². The van der Waals surface area contributed by atoms with Gasteiger partial charge in [0.2, 0.25) is 6.29 Å². The SMILES string of the molecule is CC1OC(OC2COC(OC3CCC4(C)C(CCC5(C)C4CC=C4C5(C)CCC5(C(=O)OC6OC(CO)C(OC7OC(C(O)CO)C(O)C7OC7OC(CO)C(O)C(O)C7O)C(O)C6O)CCC(C)(C)CC45O)C3(C)C)C(O)C2O)C(OC2OCC(O)C(OC3OC(CO)C(O)C(O)C3O)C2O)C(O)C1O. The van der Waals surface area contributed by atoms with Crippen molar-refractivity contribution in [3.05, 3.63) is 11.6 Å². The van der Waals surface area contributed by atoms with Crippen molar-refractivity contribution in [2.24, 2.45) is 44.3 Å². The van der Waals surface area contributed by atoms with Gasteiger partial charge in [0, 0.05) is 0 Å². The van der Waals surface area contributed by atoms with Gasteiger partial charge in [-0.05, 0) is 116 Å². The number of rotatable bonds is 19. The number of aliphatic hydroxyl groups is 21. The van der Waals surface area contributed by atoms with Gasteiger partial charge < -0.3 is 174 Å². The van der Waals surface area contributed by atoms with Gasteiger partial charge in [-0.15, -0.1) is 0 Å². The highest BCUT2D eigenvalue weighted by molar-refractivity contribution is 5.81. The zero-order valence-electron chi connectivity index (χ0n) is 60.7. The summed E-state index contributed by atoms with van der Waals surface area (Å²) in [5.41, 5.74) is -5.31. The summed E-state index contributed by atoms with van der Waals surface area (Å²) in [4.78, 5) is 15.4. The molecule has 0 radical (unpaired) electrons. The Morgan fingerprint density at radius 2 is 1.02 bits per heavy atom. The fraction of sp³-hybridized carbons (Fsp3) is 0.957. The molecule has 0 aromatic carbocycles. The molecule has 106 heavy (non-hydrogen) atoms. The number of carbonyl (C=O) groups is 1. The van der Waals surface area contributed by atoms with Crippen LogP contribution in [0.15, 0.2) is 11.6 Å². The van der Waals surface area contributed by atoms with Gasteiger partial charge in [-0.1, -0.05) is 54.5 Å². The molecule has 0 aromatic rings. The van der Waals surface area contributed by atoms with Gasteiger partial charge in [0.15, 0.2) is 37.7 Å². The zero-order chi connectivity index (χ0) is 77.4. The Labute approximate surface area is 612 Å². The number of hydrogen-bond donors (Lipinski definition) is 21. The number of carbonyl (C=O) groups excluding carboxylic acids is 1. The molecule has 36 heteroatoms. The van der Waals surface area contributed by atoms with Crippen LogP contribution in [0.2, 0.25) is 0 Å². The lowest BCUT2D eigenvalue weighted by molar-refractivity contribution is -0.384. The molecule has 11 fully saturated rings. The van der Waals surface area contributed by atoms with Crippen molar-refractivity contribution in [2.75, 3.05) is 39.6 Å². The van der Waals surface area contributed by atoms with E-state index in [9.17, 15) is 107 Å². The normalized spacial score (nSPS) is 54.0. The Morgan fingerprint density at radius 3 is 1.64 bits per heavy atom. The first-order valence-electron chi connectivity index (χ1n) is 37.1. The van der Waals surface area contributed by atoms with E-state index in [1.54, 1.807) is 0 Å². The van der Waals surface area contributed by atoms with Crippen molar-refractivity contribution >= 4 is 5.97 Å². The Hall–Kier alpha value is -2.15. The fourth-order valence-corrected chi connectivity index (χ4v) is 20.5. The molecule has 4 saturated carbocycles. The number of fused-ring (bicyclic) bond motifs is 7. The standard InChI is InChI=1S/C70H114O36/c1-26-37(77)43(83)54(104-57-50(90)52(28(76)23-93-57)101-58-46(86)41(81)38(78)29(20-72)96-58)61(95-26)99-32-24-94-56(45(85)40(32)80)100-36-12-13-66(6)33(65(36,4)5)11-14-67(7)34(66)9-10-35-68(67,8)16-18-69(17-15-64(2,3)25-70(35,69)92)63(91)106-60-48(88)44(84)53(31(22-74)98-60)103-62-55(49(89)51(102-62)27(75)19-71)105-59-47(87)42(82)39(79)30(21-73)97-59/h10,26-34,36-62,71-90,92H,9,11-25H2,1-8H3. The predicted molar refractivity (Wildman–Crippen MR) is 349 cm³/mol.